The van der Waals surface area contributed by atoms with Crippen molar-refractivity contribution < 1.29 is 18.7 Å². The van der Waals surface area contributed by atoms with E-state index in [1.165, 1.54) is 6.26 Å². The third kappa shape index (κ3) is 6.14. The molecule has 0 atom stereocenters. The largest absolute Gasteiger partial charge is 0.493 e. The first-order valence-corrected chi connectivity index (χ1v) is 8.82. The van der Waals surface area contributed by atoms with E-state index in [4.69, 9.17) is 19.6 Å². The molecule has 0 saturated carbocycles. The average molecular weight is 522 g/mol. The number of rotatable bonds is 7. The van der Waals surface area contributed by atoms with Gasteiger partial charge in [-0.05, 0) is 42.0 Å². The molecule has 0 fully saturated rings. The average Bonchev–Trinajstić information content (AvgIpc) is 3.27. The molecular formula is C21H23IN4O4. The predicted molar refractivity (Wildman–Crippen MR) is 127 cm³/mol. The van der Waals surface area contributed by atoms with Crippen molar-refractivity contribution in [2.75, 3.05) is 24.9 Å². The molecule has 0 radical (unpaired) electrons. The van der Waals surface area contributed by atoms with Gasteiger partial charge in [0.2, 0.25) is 0 Å². The lowest BCUT2D eigenvalue weighted by molar-refractivity contribution is 0.0996. The summed E-state index contributed by atoms with van der Waals surface area (Å²) in [7, 11) is 3.14. The van der Waals surface area contributed by atoms with E-state index in [0.29, 0.717) is 23.7 Å². The van der Waals surface area contributed by atoms with Crippen LogP contribution in [0.25, 0.3) is 0 Å². The highest BCUT2D eigenvalue weighted by Crippen LogP contribution is 2.29. The van der Waals surface area contributed by atoms with E-state index < -0.39 is 0 Å². The van der Waals surface area contributed by atoms with Crippen LogP contribution < -0.4 is 25.8 Å². The van der Waals surface area contributed by atoms with Crippen LogP contribution in [-0.4, -0.2) is 26.1 Å². The van der Waals surface area contributed by atoms with Gasteiger partial charge < -0.3 is 30.3 Å². The van der Waals surface area contributed by atoms with E-state index in [1.807, 2.05) is 24.3 Å². The zero-order valence-electron chi connectivity index (χ0n) is 16.5. The molecule has 0 aliphatic carbocycles. The summed E-state index contributed by atoms with van der Waals surface area (Å²) < 4.78 is 15.6. The van der Waals surface area contributed by atoms with Gasteiger partial charge in [-0.2, -0.15) is 0 Å². The van der Waals surface area contributed by atoms with Crippen molar-refractivity contribution in [2.45, 2.75) is 6.54 Å². The Morgan fingerprint density at radius 3 is 2.47 bits per heavy atom. The predicted octanol–water partition coefficient (Wildman–Crippen LogP) is 4.09. The minimum absolute atomic E-state index is 0. The minimum atomic E-state index is -0.315. The maximum atomic E-state index is 12.1. The van der Waals surface area contributed by atoms with Crippen molar-refractivity contribution in [2.24, 2.45) is 10.7 Å². The molecule has 0 unspecified atom stereocenters. The molecule has 3 rings (SSSR count). The maximum Gasteiger partial charge on any atom is 0.291 e. The zero-order valence-corrected chi connectivity index (χ0v) is 18.9. The third-order valence-corrected chi connectivity index (χ3v) is 4.02. The third-order valence-electron chi connectivity index (χ3n) is 4.02. The van der Waals surface area contributed by atoms with E-state index in [2.05, 4.69) is 15.6 Å². The zero-order chi connectivity index (χ0) is 20.6. The second kappa shape index (κ2) is 11.1. The quantitative estimate of drug-likeness (QED) is 0.245. The molecular weight excluding hydrogens is 499 g/mol. The maximum absolute atomic E-state index is 12.1. The number of carbonyl (C=O) groups excluding carboxylic acids is 1. The summed E-state index contributed by atoms with van der Waals surface area (Å²) in [6, 6.07) is 16.0. The summed E-state index contributed by atoms with van der Waals surface area (Å²) in [5.41, 5.74) is 8.24. The summed E-state index contributed by atoms with van der Waals surface area (Å²) in [5.74, 6) is 1.40. The number of furan rings is 1. The molecule has 0 aliphatic rings. The fraction of sp³-hybridized carbons (Fsp3) is 0.143. The Labute approximate surface area is 191 Å². The smallest absolute Gasteiger partial charge is 0.291 e. The standard InChI is InChI=1S/C21H22N4O4.HI/c1-27-17-9-8-16(12-19(17)28-2)25-21(22)23-13-14-5-3-6-15(11-14)24-20(26)18-7-4-10-29-18;/h3-12H,13H2,1-2H3,(H,24,26)(H3,22,23,25);1H. The van der Waals surface area contributed by atoms with Crippen LogP contribution in [0.3, 0.4) is 0 Å². The fourth-order valence-corrected chi connectivity index (χ4v) is 2.63. The van der Waals surface area contributed by atoms with Crippen LogP contribution in [0.5, 0.6) is 11.5 Å². The molecule has 9 heteroatoms. The number of aliphatic imine (C=N–C) groups is 1. The van der Waals surface area contributed by atoms with Crippen LogP contribution in [0.15, 0.2) is 70.3 Å². The van der Waals surface area contributed by atoms with Gasteiger partial charge in [-0.1, -0.05) is 12.1 Å². The molecule has 158 valence electrons. The van der Waals surface area contributed by atoms with Gasteiger partial charge in [-0.15, -0.1) is 24.0 Å². The van der Waals surface area contributed by atoms with E-state index in [0.717, 1.165) is 11.3 Å². The van der Waals surface area contributed by atoms with E-state index in [9.17, 15) is 4.79 Å². The summed E-state index contributed by atoms with van der Waals surface area (Å²) >= 11 is 0. The van der Waals surface area contributed by atoms with Crippen molar-refractivity contribution in [3.63, 3.8) is 0 Å². The van der Waals surface area contributed by atoms with Crippen molar-refractivity contribution in [3.8, 4) is 11.5 Å². The Morgan fingerprint density at radius 1 is 1.00 bits per heavy atom. The second-order valence-corrected chi connectivity index (χ2v) is 6.03. The van der Waals surface area contributed by atoms with Crippen LogP contribution in [0, 0.1) is 0 Å². The SMILES string of the molecule is COc1ccc(NC(N)=NCc2cccc(NC(=O)c3ccco3)c2)cc1OC.I. The number of hydrogen-bond donors (Lipinski definition) is 3. The van der Waals surface area contributed by atoms with Gasteiger partial charge in [0.1, 0.15) is 0 Å². The lowest BCUT2D eigenvalue weighted by atomic mass is 10.2. The lowest BCUT2D eigenvalue weighted by Gasteiger charge is -2.11. The molecule has 30 heavy (non-hydrogen) atoms. The molecule has 0 spiro atoms. The van der Waals surface area contributed by atoms with Crippen LogP contribution in [-0.2, 0) is 6.54 Å². The molecule has 2 aromatic carbocycles. The molecule has 8 nitrogen and oxygen atoms in total. The number of nitrogens with one attached hydrogen (secondary N) is 2. The number of hydrogen-bond acceptors (Lipinski definition) is 5. The Kier molecular flexibility index (Phi) is 8.54. The van der Waals surface area contributed by atoms with Gasteiger partial charge in [-0.25, -0.2) is 4.99 Å². The number of guanidine groups is 1. The van der Waals surface area contributed by atoms with Gasteiger partial charge in [0.05, 0.1) is 27.0 Å². The van der Waals surface area contributed by atoms with Gasteiger partial charge in [0.15, 0.2) is 23.2 Å². The van der Waals surface area contributed by atoms with Crippen LogP contribution >= 0.6 is 24.0 Å². The van der Waals surface area contributed by atoms with Crippen LogP contribution in [0.4, 0.5) is 11.4 Å². The number of methoxy groups -OCH3 is 2. The highest BCUT2D eigenvalue weighted by Gasteiger charge is 2.09. The summed E-state index contributed by atoms with van der Waals surface area (Å²) in [6.07, 6.45) is 1.45. The Bertz CT molecular complexity index is 1010. The summed E-state index contributed by atoms with van der Waals surface area (Å²) in [4.78, 5) is 16.4. The highest BCUT2D eigenvalue weighted by atomic mass is 127. The number of benzene rings is 2. The highest BCUT2D eigenvalue weighted by molar-refractivity contribution is 14.0. The molecule has 1 heterocycles. The Morgan fingerprint density at radius 2 is 1.77 bits per heavy atom. The van der Waals surface area contributed by atoms with Crippen molar-refractivity contribution in [1.29, 1.82) is 0 Å². The molecule has 4 N–H and O–H groups in total. The topological polar surface area (TPSA) is 111 Å². The number of amides is 1. The van der Waals surface area contributed by atoms with Gasteiger partial charge in [0.25, 0.3) is 5.91 Å². The number of halogens is 1. The van der Waals surface area contributed by atoms with E-state index >= 15 is 0 Å². The van der Waals surface area contributed by atoms with E-state index in [-0.39, 0.29) is 41.6 Å². The number of carbonyl (C=O) groups is 1. The van der Waals surface area contributed by atoms with Gasteiger partial charge in [-0.3, -0.25) is 4.79 Å². The molecule has 1 aromatic heterocycles. The molecule has 1 amide bonds. The van der Waals surface area contributed by atoms with Gasteiger partial charge in [0, 0.05) is 17.4 Å². The fourth-order valence-electron chi connectivity index (χ4n) is 2.63. The minimum Gasteiger partial charge on any atom is -0.493 e. The first-order valence-electron chi connectivity index (χ1n) is 8.82. The lowest BCUT2D eigenvalue weighted by Crippen LogP contribution is -2.22. The molecule has 0 saturated heterocycles. The number of ether oxygens (including phenoxy) is 2. The van der Waals surface area contributed by atoms with E-state index in [1.54, 1.807) is 44.6 Å². The van der Waals surface area contributed by atoms with Crippen molar-refractivity contribution in [3.05, 3.63) is 72.2 Å². The first kappa shape index (κ1) is 23.1. The molecule has 0 aliphatic heterocycles. The first-order chi connectivity index (χ1) is 14.1. The molecule has 3 aromatic rings. The Balaban J connectivity index is 0.00000320. The summed E-state index contributed by atoms with van der Waals surface area (Å²) in [6.45, 7) is 0.344. The van der Waals surface area contributed by atoms with Crippen LogP contribution in [0.1, 0.15) is 16.1 Å². The van der Waals surface area contributed by atoms with Crippen LogP contribution in [0.2, 0.25) is 0 Å². The number of anilines is 2. The summed E-state index contributed by atoms with van der Waals surface area (Å²) in [5, 5.41) is 5.80. The second-order valence-electron chi connectivity index (χ2n) is 6.03. The van der Waals surface area contributed by atoms with Crippen molar-refractivity contribution in [1.82, 2.24) is 0 Å². The normalized spacial score (nSPS) is 10.7. The number of nitrogens with two attached hydrogens (primary N) is 1. The Hall–Kier alpha value is -3.21. The molecule has 0 bridgehead atoms. The number of nitrogens with zero attached hydrogens (tertiary/aromatic N) is 1. The van der Waals surface area contributed by atoms with Crippen molar-refractivity contribution >= 4 is 47.2 Å². The monoisotopic (exact) mass is 522 g/mol. The van der Waals surface area contributed by atoms with Gasteiger partial charge >= 0.3 is 0 Å².